The lowest BCUT2D eigenvalue weighted by atomic mass is 10.0. The van der Waals surface area contributed by atoms with Crippen molar-refractivity contribution in [2.24, 2.45) is 5.92 Å². The predicted molar refractivity (Wildman–Crippen MR) is 80.6 cm³/mol. The molecule has 1 saturated heterocycles. The lowest BCUT2D eigenvalue weighted by Gasteiger charge is -2.17. The summed E-state index contributed by atoms with van der Waals surface area (Å²) in [6.45, 7) is 2.99. The number of aromatic nitrogens is 1. The van der Waals surface area contributed by atoms with Gasteiger partial charge < -0.3 is 10.2 Å². The van der Waals surface area contributed by atoms with Crippen LogP contribution in [-0.4, -0.2) is 50.0 Å². The number of hydrogen-bond acceptors (Lipinski definition) is 4. The minimum Gasteiger partial charge on any atom is -0.363 e. The van der Waals surface area contributed by atoms with Gasteiger partial charge in [0.25, 0.3) is 0 Å². The quantitative estimate of drug-likeness (QED) is 0.875. The minimum atomic E-state index is 0.147. The van der Waals surface area contributed by atoms with Crippen LogP contribution < -0.4 is 10.2 Å². The van der Waals surface area contributed by atoms with Crippen LogP contribution in [0.3, 0.4) is 0 Å². The van der Waals surface area contributed by atoms with Crippen molar-refractivity contribution in [2.75, 3.05) is 39.1 Å². The minimum absolute atomic E-state index is 0.147. The van der Waals surface area contributed by atoms with Crippen LogP contribution >= 0.6 is 0 Å². The zero-order valence-corrected chi connectivity index (χ0v) is 12.6. The molecule has 1 amide bonds. The summed E-state index contributed by atoms with van der Waals surface area (Å²) in [5.41, 5.74) is 1.23. The van der Waals surface area contributed by atoms with Gasteiger partial charge in [-0.05, 0) is 30.5 Å². The molecule has 1 atom stereocenters. The van der Waals surface area contributed by atoms with Crippen LogP contribution in [0.5, 0.6) is 0 Å². The number of nitrogens with one attached hydrogen (secondary N) is 1. The summed E-state index contributed by atoms with van der Waals surface area (Å²) in [5, 5.41) is 2.70. The first-order chi connectivity index (χ1) is 9.58. The third kappa shape index (κ3) is 3.93. The lowest BCUT2D eigenvalue weighted by molar-refractivity contribution is -0.121. The van der Waals surface area contributed by atoms with Gasteiger partial charge in [-0.3, -0.25) is 9.69 Å². The van der Waals surface area contributed by atoms with Crippen molar-refractivity contribution < 1.29 is 4.79 Å². The van der Waals surface area contributed by atoms with Crippen molar-refractivity contribution >= 4 is 11.7 Å². The average Bonchev–Trinajstić information content (AvgIpc) is 2.86. The van der Waals surface area contributed by atoms with Gasteiger partial charge in [0.05, 0.1) is 0 Å². The van der Waals surface area contributed by atoms with Gasteiger partial charge in [-0.2, -0.15) is 0 Å². The number of pyridine rings is 1. The number of rotatable bonds is 5. The number of nitrogens with zero attached hydrogens (tertiary/aromatic N) is 3. The van der Waals surface area contributed by atoms with E-state index in [0.717, 1.165) is 31.9 Å². The van der Waals surface area contributed by atoms with E-state index in [4.69, 9.17) is 0 Å². The number of carbonyl (C=O) groups excluding carboxylic acids is 1. The second kappa shape index (κ2) is 6.70. The van der Waals surface area contributed by atoms with Crippen LogP contribution in [0, 0.1) is 5.92 Å². The zero-order chi connectivity index (χ0) is 14.5. The standard InChI is InChI=1S/C15H24N4O/c1-16-15(20)8-12-6-7-19(10-12)11-13-4-5-14(17-9-13)18(2)3/h4-5,9,12H,6-8,10-11H2,1-3H3,(H,16,20). The molecule has 1 aliphatic heterocycles. The number of amides is 1. The first kappa shape index (κ1) is 14.8. The fourth-order valence-electron chi connectivity index (χ4n) is 2.62. The van der Waals surface area contributed by atoms with Crippen molar-refractivity contribution in [1.82, 2.24) is 15.2 Å². The third-order valence-corrected chi connectivity index (χ3v) is 3.80. The van der Waals surface area contributed by atoms with E-state index in [1.807, 2.05) is 31.3 Å². The van der Waals surface area contributed by atoms with Crippen LogP contribution in [0.25, 0.3) is 0 Å². The summed E-state index contributed by atoms with van der Waals surface area (Å²) in [7, 11) is 5.69. The zero-order valence-electron chi connectivity index (χ0n) is 12.6. The predicted octanol–water partition coefficient (Wildman–Crippen LogP) is 1.11. The van der Waals surface area contributed by atoms with Crippen molar-refractivity contribution in [2.45, 2.75) is 19.4 Å². The summed E-state index contributed by atoms with van der Waals surface area (Å²) in [5.74, 6) is 1.62. The Balaban J connectivity index is 1.84. The molecule has 1 aromatic rings. The molecule has 0 radical (unpaired) electrons. The van der Waals surface area contributed by atoms with Crippen LogP contribution in [0.1, 0.15) is 18.4 Å². The van der Waals surface area contributed by atoms with Crippen molar-refractivity contribution in [1.29, 1.82) is 0 Å². The van der Waals surface area contributed by atoms with Crippen LogP contribution in [0.2, 0.25) is 0 Å². The molecule has 1 N–H and O–H groups in total. The molecule has 0 aliphatic carbocycles. The molecule has 1 aliphatic rings. The van der Waals surface area contributed by atoms with Gasteiger partial charge in [0.1, 0.15) is 5.82 Å². The van der Waals surface area contributed by atoms with Gasteiger partial charge in [-0.25, -0.2) is 4.98 Å². The molecule has 2 rings (SSSR count). The van der Waals surface area contributed by atoms with E-state index >= 15 is 0 Å². The van der Waals surface area contributed by atoms with E-state index in [1.165, 1.54) is 5.56 Å². The Morgan fingerprint density at radius 1 is 1.50 bits per heavy atom. The van der Waals surface area contributed by atoms with E-state index in [9.17, 15) is 4.79 Å². The molecule has 1 unspecified atom stereocenters. The normalized spacial score (nSPS) is 19.1. The van der Waals surface area contributed by atoms with E-state index in [2.05, 4.69) is 21.3 Å². The fourth-order valence-corrected chi connectivity index (χ4v) is 2.62. The highest BCUT2D eigenvalue weighted by molar-refractivity contribution is 5.75. The molecule has 0 saturated carbocycles. The van der Waals surface area contributed by atoms with Gasteiger partial charge in [0, 0.05) is 46.9 Å². The first-order valence-corrected chi connectivity index (χ1v) is 7.13. The SMILES string of the molecule is CNC(=O)CC1CCN(Cc2ccc(N(C)C)nc2)C1. The Morgan fingerprint density at radius 3 is 2.90 bits per heavy atom. The van der Waals surface area contributed by atoms with Gasteiger partial charge in [0.15, 0.2) is 0 Å². The molecule has 1 aromatic heterocycles. The number of likely N-dealkylation sites (tertiary alicyclic amines) is 1. The molecule has 0 bridgehead atoms. The highest BCUT2D eigenvalue weighted by atomic mass is 16.1. The van der Waals surface area contributed by atoms with Crippen molar-refractivity contribution in [3.63, 3.8) is 0 Å². The molecular weight excluding hydrogens is 252 g/mol. The van der Waals surface area contributed by atoms with Crippen molar-refractivity contribution in [3.05, 3.63) is 23.9 Å². The maximum atomic E-state index is 11.4. The second-order valence-electron chi connectivity index (χ2n) is 5.69. The summed E-state index contributed by atoms with van der Waals surface area (Å²) in [6, 6.07) is 4.18. The first-order valence-electron chi connectivity index (χ1n) is 7.13. The van der Waals surface area contributed by atoms with Crippen LogP contribution in [-0.2, 0) is 11.3 Å². The van der Waals surface area contributed by atoms with Crippen molar-refractivity contribution in [3.8, 4) is 0 Å². The molecule has 5 nitrogen and oxygen atoms in total. The maximum Gasteiger partial charge on any atom is 0.220 e. The van der Waals surface area contributed by atoms with E-state index in [1.54, 1.807) is 7.05 Å². The molecule has 1 fully saturated rings. The van der Waals surface area contributed by atoms with Gasteiger partial charge >= 0.3 is 0 Å². The highest BCUT2D eigenvalue weighted by Gasteiger charge is 2.24. The largest absolute Gasteiger partial charge is 0.363 e. The summed E-state index contributed by atoms with van der Waals surface area (Å²) in [4.78, 5) is 20.2. The highest BCUT2D eigenvalue weighted by Crippen LogP contribution is 2.21. The van der Waals surface area contributed by atoms with E-state index < -0.39 is 0 Å². The average molecular weight is 276 g/mol. The van der Waals surface area contributed by atoms with Crippen LogP contribution in [0.15, 0.2) is 18.3 Å². The molecule has 2 heterocycles. The Morgan fingerprint density at radius 2 is 2.30 bits per heavy atom. The van der Waals surface area contributed by atoms with E-state index in [-0.39, 0.29) is 5.91 Å². The van der Waals surface area contributed by atoms with Gasteiger partial charge in [0.2, 0.25) is 5.91 Å². The summed E-state index contributed by atoms with van der Waals surface area (Å²) >= 11 is 0. The fraction of sp³-hybridized carbons (Fsp3) is 0.600. The smallest absolute Gasteiger partial charge is 0.220 e. The van der Waals surface area contributed by atoms with Crippen LogP contribution in [0.4, 0.5) is 5.82 Å². The van der Waals surface area contributed by atoms with E-state index in [0.29, 0.717) is 12.3 Å². The molecule has 110 valence electrons. The molecule has 5 heteroatoms. The molecular formula is C15H24N4O. The molecule has 0 spiro atoms. The number of hydrogen-bond donors (Lipinski definition) is 1. The van der Waals surface area contributed by atoms with Gasteiger partial charge in [-0.15, -0.1) is 0 Å². The van der Waals surface area contributed by atoms with Gasteiger partial charge in [-0.1, -0.05) is 6.07 Å². The number of carbonyl (C=O) groups is 1. The third-order valence-electron chi connectivity index (χ3n) is 3.80. The topological polar surface area (TPSA) is 48.5 Å². The Kier molecular flexibility index (Phi) is 4.95. The monoisotopic (exact) mass is 276 g/mol. The Hall–Kier alpha value is -1.62. The summed E-state index contributed by atoms with van der Waals surface area (Å²) < 4.78 is 0. The maximum absolute atomic E-state index is 11.4. The lowest BCUT2D eigenvalue weighted by Crippen LogP contribution is -2.24. The molecule has 0 aromatic carbocycles. The number of anilines is 1. The Bertz CT molecular complexity index is 444. The summed E-state index contributed by atoms with van der Waals surface area (Å²) in [6.07, 6.45) is 3.70. The molecule has 20 heavy (non-hydrogen) atoms. The second-order valence-corrected chi connectivity index (χ2v) is 5.69. The Labute approximate surface area is 121 Å².